The average Bonchev–Trinajstić information content (AvgIpc) is 2.83. The maximum atomic E-state index is 8.94. The number of aliphatic hydroxyl groups is 1. The lowest BCUT2D eigenvalue weighted by Gasteiger charge is -2.13. The van der Waals surface area contributed by atoms with Crippen LogP contribution in [-0.4, -0.2) is 18.3 Å². The fourth-order valence-electron chi connectivity index (χ4n) is 1.96. The van der Waals surface area contributed by atoms with Crippen molar-refractivity contribution in [1.29, 1.82) is 0 Å². The highest BCUT2D eigenvalue weighted by Crippen LogP contribution is 2.47. The van der Waals surface area contributed by atoms with Crippen molar-refractivity contribution >= 4 is 11.3 Å². The van der Waals surface area contributed by atoms with E-state index in [-0.39, 0.29) is 0 Å². The van der Waals surface area contributed by atoms with Crippen LogP contribution in [0.2, 0.25) is 0 Å². The molecule has 0 aliphatic heterocycles. The number of thiophene rings is 1. The summed E-state index contributed by atoms with van der Waals surface area (Å²) >= 11 is 1.86. The normalized spacial score (nSPS) is 18.0. The largest absolute Gasteiger partial charge is 0.396 e. The van der Waals surface area contributed by atoms with Crippen LogP contribution in [0.1, 0.15) is 29.0 Å². The van der Waals surface area contributed by atoms with E-state index in [2.05, 4.69) is 24.4 Å². The molecule has 0 spiro atoms. The third-order valence-electron chi connectivity index (χ3n) is 3.19. The molecule has 1 fully saturated rings. The van der Waals surface area contributed by atoms with Crippen LogP contribution in [-0.2, 0) is 6.54 Å². The molecule has 1 aromatic heterocycles. The van der Waals surface area contributed by atoms with E-state index in [0.717, 1.165) is 19.5 Å². The van der Waals surface area contributed by atoms with Crippen molar-refractivity contribution in [3.05, 3.63) is 21.9 Å². The molecule has 1 aliphatic rings. The van der Waals surface area contributed by atoms with Crippen LogP contribution in [0.25, 0.3) is 0 Å². The zero-order valence-corrected chi connectivity index (χ0v) is 10.1. The van der Waals surface area contributed by atoms with Crippen LogP contribution < -0.4 is 5.32 Å². The van der Waals surface area contributed by atoms with Crippen molar-refractivity contribution in [3.63, 3.8) is 0 Å². The Kier molecular flexibility index (Phi) is 3.44. The van der Waals surface area contributed by atoms with Crippen molar-refractivity contribution in [2.24, 2.45) is 5.41 Å². The van der Waals surface area contributed by atoms with Gasteiger partial charge in [-0.1, -0.05) is 0 Å². The van der Waals surface area contributed by atoms with Gasteiger partial charge in [0.2, 0.25) is 0 Å². The number of aliphatic hydroxyl groups excluding tert-OH is 1. The maximum absolute atomic E-state index is 8.94. The molecular formula is C12H19NOS. The third kappa shape index (κ3) is 3.03. The van der Waals surface area contributed by atoms with Crippen molar-refractivity contribution in [2.75, 3.05) is 13.2 Å². The summed E-state index contributed by atoms with van der Waals surface area (Å²) in [4.78, 5) is 2.79. The zero-order valence-electron chi connectivity index (χ0n) is 9.25. The lowest BCUT2D eigenvalue weighted by Crippen LogP contribution is -2.24. The molecule has 1 aromatic rings. The lowest BCUT2D eigenvalue weighted by atomic mass is 10.0. The van der Waals surface area contributed by atoms with Gasteiger partial charge in [0.05, 0.1) is 0 Å². The topological polar surface area (TPSA) is 32.3 Å². The molecule has 0 saturated heterocycles. The second-order valence-corrected chi connectivity index (χ2v) is 5.96. The minimum absolute atomic E-state index is 0.333. The Morgan fingerprint density at radius 3 is 2.80 bits per heavy atom. The van der Waals surface area contributed by atoms with Crippen molar-refractivity contribution in [2.45, 2.75) is 32.7 Å². The van der Waals surface area contributed by atoms with Crippen LogP contribution in [0.5, 0.6) is 0 Å². The molecule has 2 nitrogen and oxygen atoms in total. The smallest absolute Gasteiger partial charge is 0.0436 e. The summed E-state index contributed by atoms with van der Waals surface area (Å²) < 4.78 is 0. The molecule has 0 atom stereocenters. The van der Waals surface area contributed by atoms with E-state index < -0.39 is 0 Å². The van der Waals surface area contributed by atoms with E-state index in [0.29, 0.717) is 12.0 Å². The van der Waals surface area contributed by atoms with Crippen LogP contribution in [0, 0.1) is 12.3 Å². The summed E-state index contributed by atoms with van der Waals surface area (Å²) in [6.45, 7) is 4.51. The average molecular weight is 225 g/mol. The summed E-state index contributed by atoms with van der Waals surface area (Å²) in [5.41, 5.74) is 0.432. The number of aryl methyl sites for hydroxylation is 1. The van der Waals surface area contributed by atoms with E-state index in [1.54, 1.807) is 0 Å². The molecule has 1 aliphatic carbocycles. The van der Waals surface area contributed by atoms with E-state index in [1.807, 2.05) is 11.3 Å². The summed E-state index contributed by atoms with van der Waals surface area (Å²) in [5.74, 6) is 0. The van der Waals surface area contributed by atoms with Gasteiger partial charge in [0, 0.05) is 29.5 Å². The van der Waals surface area contributed by atoms with Gasteiger partial charge >= 0.3 is 0 Å². The first-order valence-electron chi connectivity index (χ1n) is 5.61. The van der Waals surface area contributed by atoms with Crippen LogP contribution >= 0.6 is 11.3 Å². The minimum atomic E-state index is 0.333. The van der Waals surface area contributed by atoms with Gasteiger partial charge in [0.1, 0.15) is 0 Å². The van der Waals surface area contributed by atoms with Gasteiger partial charge in [0.15, 0.2) is 0 Å². The molecule has 15 heavy (non-hydrogen) atoms. The second-order valence-electron chi connectivity index (χ2n) is 4.59. The Morgan fingerprint density at radius 1 is 1.47 bits per heavy atom. The SMILES string of the molecule is Cc1ccc(CNCC2(CCO)CC2)s1. The van der Waals surface area contributed by atoms with Gasteiger partial charge < -0.3 is 10.4 Å². The quantitative estimate of drug-likeness (QED) is 0.778. The van der Waals surface area contributed by atoms with Crippen LogP contribution in [0.3, 0.4) is 0 Å². The van der Waals surface area contributed by atoms with Gasteiger partial charge in [-0.3, -0.25) is 0 Å². The van der Waals surface area contributed by atoms with Gasteiger partial charge in [-0.25, -0.2) is 0 Å². The van der Waals surface area contributed by atoms with Crippen molar-refractivity contribution in [3.8, 4) is 0 Å². The zero-order chi connectivity index (χ0) is 10.7. The van der Waals surface area contributed by atoms with E-state index >= 15 is 0 Å². The molecule has 84 valence electrons. The first-order chi connectivity index (χ1) is 7.24. The van der Waals surface area contributed by atoms with Crippen molar-refractivity contribution < 1.29 is 5.11 Å². The first kappa shape index (κ1) is 11.1. The predicted octanol–water partition coefficient (Wildman–Crippen LogP) is 2.31. The Morgan fingerprint density at radius 2 is 2.27 bits per heavy atom. The molecule has 1 saturated carbocycles. The highest BCUT2D eigenvalue weighted by molar-refractivity contribution is 7.11. The summed E-state index contributed by atoms with van der Waals surface area (Å²) in [6.07, 6.45) is 3.53. The fraction of sp³-hybridized carbons (Fsp3) is 0.667. The summed E-state index contributed by atoms with van der Waals surface area (Å²) in [7, 11) is 0. The molecular weight excluding hydrogens is 206 g/mol. The molecule has 1 heterocycles. The predicted molar refractivity (Wildman–Crippen MR) is 64.1 cm³/mol. The maximum Gasteiger partial charge on any atom is 0.0436 e. The third-order valence-corrected chi connectivity index (χ3v) is 4.20. The second kappa shape index (κ2) is 4.64. The Bertz CT molecular complexity index is 317. The molecule has 0 unspecified atom stereocenters. The highest BCUT2D eigenvalue weighted by atomic mass is 32.1. The highest BCUT2D eigenvalue weighted by Gasteiger charge is 2.41. The standard InChI is InChI=1S/C12H19NOS/c1-10-2-3-11(15-10)8-13-9-12(4-5-12)6-7-14/h2-3,13-14H,4-9H2,1H3. The lowest BCUT2D eigenvalue weighted by molar-refractivity contribution is 0.245. The first-order valence-corrected chi connectivity index (χ1v) is 6.43. The Labute approximate surface area is 95.3 Å². The number of rotatable bonds is 6. The van der Waals surface area contributed by atoms with Crippen LogP contribution in [0.4, 0.5) is 0 Å². The molecule has 0 amide bonds. The van der Waals surface area contributed by atoms with Gasteiger partial charge in [-0.2, -0.15) is 0 Å². The molecule has 0 aromatic carbocycles. The molecule has 0 bridgehead atoms. The molecule has 0 radical (unpaired) electrons. The van der Waals surface area contributed by atoms with Gasteiger partial charge in [0.25, 0.3) is 0 Å². The summed E-state index contributed by atoms with van der Waals surface area (Å²) in [6, 6.07) is 4.36. The van der Waals surface area contributed by atoms with E-state index in [4.69, 9.17) is 5.11 Å². The monoisotopic (exact) mass is 225 g/mol. The summed E-state index contributed by atoms with van der Waals surface area (Å²) in [5, 5.41) is 12.4. The fourth-order valence-corrected chi connectivity index (χ4v) is 2.82. The van der Waals surface area contributed by atoms with Crippen molar-refractivity contribution in [1.82, 2.24) is 5.32 Å². The Hall–Kier alpha value is -0.380. The Balaban J connectivity index is 1.71. The number of nitrogens with one attached hydrogen (secondary N) is 1. The minimum Gasteiger partial charge on any atom is -0.396 e. The van der Waals surface area contributed by atoms with E-state index in [1.165, 1.54) is 22.6 Å². The number of hydrogen-bond donors (Lipinski definition) is 2. The van der Waals surface area contributed by atoms with Gasteiger partial charge in [-0.15, -0.1) is 11.3 Å². The molecule has 3 heteroatoms. The van der Waals surface area contributed by atoms with E-state index in [9.17, 15) is 0 Å². The molecule has 2 rings (SSSR count). The van der Waals surface area contributed by atoms with Crippen LogP contribution in [0.15, 0.2) is 12.1 Å². The van der Waals surface area contributed by atoms with Gasteiger partial charge in [-0.05, 0) is 43.7 Å². The number of hydrogen-bond acceptors (Lipinski definition) is 3. The molecule has 2 N–H and O–H groups in total.